The van der Waals surface area contributed by atoms with E-state index in [0.717, 1.165) is 0 Å². The molecule has 0 unspecified atom stereocenters. The van der Waals surface area contributed by atoms with Crippen LogP contribution < -0.4 is 38.5 Å². The van der Waals surface area contributed by atoms with Gasteiger partial charge in [0.2, 0.25) is 29.5 Å². The number of aliphatic carboxylic acids is 2. The summed E-state index contributed by atoms with van der Waals surface area (Å²) in [4.78, 5) is 86.0. The van der Waals surface area contributed by atoms with Gasteiger partial charge in [0.15, 0.2) is 0 Å². The van der Waals surface area contributed by atoms with Crippen LogP contribution in [-0.2, 0) is 33.6 Å². The second-order valence-electron chi connectivity index (χ2n) is 10.5. The summed E-state index contributed by atoms with van der Waals surface area (Å²) >= 11 is 1.45. The van der Waals surface area contributed by atoms with E-state index in [1.807, 2.05) is 25.4 Å². The van der Waals surface area contributed by atoms with Gasteiger partial charge in [-0.25, -0.2) is 4.79 Å². The topological polar surface area (TPSA) is 286 Å². The Morgan fingerprint density at radius 3 is 1.67 bits per heavy atom. The predicted octanol–water partition coefficient (Wildman–Crippen LogP) is -1.99. The smallest absolute Gasteiger partial charge is 0.326 e. The molecule has 0 heterocycles. The van der Waals surface area contributed by atoms with Gasteiger partial charge in [-0.1, -0.05) is 13.8 Å². The van der Waals surface area contributed by atoms with Crippen molar-refractivity contribution in [1.29, 1.82) is 0 Å². The number of carbonyl (C=O) groups is 7. The number of unbranched alkanes of at least 4 members (excludes halogenated alkanes) is 1. The number of rotatable bonds is 23. The Morgan fingerprint density at radius 1 is 0.744 bits per heavy atom. The fraction of sp³-hybridized carbons (Fsp3) is 0.731. The lowest BCUT2D eigenvalue weighted by Gasteiger charge is -2.26. The van der Waals surface area contributed by atoms with E-state index in [0.29, 0.717) is 31.6 Å². The Hall–Kier alpha value is -3.44. The van der Waals surface area contributed by atoms with E-state index >= 15 is 0 Å². The minimum atomic E-state index is -1.80. The highest BCUT2D eigenvalue weighted by Gasteiger charge is 2.32. The molecule has 12 N–H and O–H groups in total. The largest absolute Gasteiger partial charge is 0.481 e. The fourth-order valence-electron chi connectivity index (χ4n) is 3.91. The Labute approximate surface area is 255 Å². The molecule has 0 aromatic rings. The Balaban J connectivity index is 5.94. The van der Waals surface area contributed by atoms with Crippen LogP contribution in [0.5, 0.6) is 0 Å². The van der Waals surface area contributed by atoms with Crippen LogP contribution in [0.2, 0.25) is 0 Å². The van der Waals surface area contributed by atoms with E-state index in [-0.39, 0.29) is 31.6 Å². The standard InChI is InChI=1S/C26H47N7O9S/c1-14(2)12-15(28)22(37)30-18(9-11-43-3)25(40)31-16(6-4-5-10-27)23(38)32-17(7-8-20(29)34)24(39)33-19(26(41)42)13-21(35)36/h14-19H,4-13,27-28H2,1-3H3,(H2,29,34)(H,30,37)(H,31,40)(H,32,38)(H,33,39)(H,35,36)(H,41,42)/t15-,16-,17-,18-,19-/m0/s1. The molecule has 5 atom stereocenters. The summed E-state index contributed by atoms with van der Waals surface area (Å²) in [5.74, 6) is -6.30. The van der Waals surface area contributed by atoms with Crippen LogP contribution >= 0.6 is 11.8 Å². The highest BCUT2D eigenvalue weighted by atomic mass is 32.2. The molecule has 0 saturated heterocycles. The molecule has 0 fully saturated rings. The highest BCUT2D eigenvalue weighted by Crippen LogP contribution is 2.09. The zero-order valence-electron chi connectivity index (χ0n) is 24.9. The third kappa shape index (κ3) is 17.3. The van der Waals surface area contributed by atoms with Gasteiger partial charge >= 0.3 is 11.9 Å². The van der Waals surface area contributed by atoms with E-state index in [2.05, 4.69) is 16.0 Å². The first-order valence-electron chi connectivity index (χ1n) is 14.0. The lowest BCUT2D eigenvalue weighted by Crippen LogP contribution is -2.58. The molecule has 16 nitrogen and oxygen atoms in total. The molecule has 0 bridgehead atoms. The maximum Gasteiger partial charge on any atom is 0.326 e. The molecule has 17 heteroatoms. The molecule has 0 aromatic heterocycles. The molecule has 43 heavy (non-hydrogen) atoms. The number of carbonyl (C=O) groups excluding carboxylic acids is 5. The van der Waals surface area contributed by atoms with Gasteiger partial charge in [-0.15, -0.1) is 0 Å². The van der Waals surface area contributed by atoms with E-state index in [1.165, 1.54) is 11.8 Å². The first-order valence-corrected chi connectivity index (χ1v) is 15.4. The van der Waals surface area contributed by atoms with Gasteiger partial charge in [0.25, 0.3) is 0 Å². The minimum absolute atomic E-state index is 0.103. The summed E-state index contributed by atoms with van der Waals surface area (Å²) in [6.07, 6.45) is 1.88. The minimum Gasteiger partial charge on any atom is -0.481 e. The number of primary amides is 1. The van der Waals surface area contributed by atoms with Crippen LogP contribution in [0.1, 0.15) is 65.2 Å². The number of carboxylic acid groups (broad SMARTS) is 2. The second-order valence-corrected chi connectivity index (χ2v) is 11.5. The lowest BCUT2D eigenvalue weighted by atomic mass is 10.0. The number of hydrogen-bond donors (Lipinski definition) is 9. The fourth-order valence-corrected chi connectivity index (χ4v) is 4.38. The number of amides is 5. The maximum absolute atomic E-state index is 13.3. The Bertz CT molecular complexity index is 967. The van der Waals surface area contributed by atoms with Crippen LogP contribution in [0, 0.1) is 5.92 Å². The number of thioether (sulfide) groups is 1. The molecule has 0 aliphatic carbocycles. The summed E-state index contributed by atoms with van der Waals surface area (Å²) < 4.78 is 0. The van der Waals surface area contributed by atoms with Crippen LogP contribution in [-0.4, -0.2) is 100 Å². The molecule has 0 radical (unpaired) electrons. The average Bonchev–Trinajstić information content (AvgIpc) is 2.91. The Morgan fingerprint density at radius 2 is 1.23 bits per heavy atom. The van der Waals surface area contributed by atoms with Gasteiger partial charge in [-0.2, -0.15) is 11.8 Å². The van der Waals surface area contributed by atoms with Gasteiger partial charge in [-0.05, 0) is 63.0 Å². The van der Waals surface area contributed by atoms with Crippen molar-refractivity contribution in [3.05, 3.63) is 0 Å². The highest BCUT2D eigenvalue weighted by molar-refractivity contribution is 7.98. The van der Waals surface area contributed by atoms with Crippen LogP contribution in [0.3, 0.4) is 0 Å². The molecule has 0 spiro atoms. The molecule has 246 valence electrons. The third-order valence-electron chi connectivity index (χ3n) is 6.19. The number of hydrogen-bond acceptors (Lipinski definition) is 10. The molecular weight excluding hydrogens is 586 g/mol. The quantitative estimate of drug-likeness (QED) is 0.0553. The van der Waals surface area contributed by atoms with Gasteiger partial charge in [0.1, 0.15) is 24.2 Å². The molecule has 0 aliphatic rings. The molecule has 0 rings (SSSR count). The second kappa shape index (κ2) is 21.3. The van der Waals surface area contributed by atoms with Gasteiger partial charge in [0, 0.05) is 6.42 Å². The average molecular weight is 634 g/mol. The van der Waals surface area contributed by atoms with Crippen LogP contribution in [0.15, 0.2) is 0 Å². The normalized spacial score (nSPS) is 14.5. The summed E-state index contributed by atoms with van der Waals surface area (Å²) in [6.45, 7) is 4.12. The van der Waals surface area contributed by atoms with Gasteiger partial charge < -0.3 is 48.7 Å². The summed E-state index contributed by atoms with van der Waals surface area (Å²) in [7, 11) is 0. The van der Waals surface area contributed by atoms with Crippen molar-refractivity contribution < 1.29 is 43.8 Å². The molecule has 5 amide bonds. The predicted molar refractivity (Wildman–Crippen MR) is 159 cm³/mol. The van der Waals surface area contributed by atoms with Crippen molar-refractivity contribution >= 4 is 53.2 Å². The number of carboxylic acids is 2. The van der Waals surface area contributed by atoms with Gasteiger partial charge in [0.05, 0.1) is 12.5 Å². The summed E-state index contributed by atoms with van der Waals surface area (Å²) in [5, 5.41) is 27.9. The molecule has 0 aromatic carbocycles. The first kappa shape index (κ1) is 39.6. The van der Waals surface area contributed by atoms with Crippen molar-refractivity contribution in [2.45, 2.75) is 95.4 Å². The monoisotopic (exact) mass is 633 g/mol. The third-order valence-corrected chi connectivity index (χ3v) is 6.84. The zero-order valence-corrected chi connectivity index (χ0v) is 25.7. The van der Waals surface area contributed by atoms with E-state index in [1.54, 1.807) is 0 Å². The van der Waals surface area contributed by atoms with Crippen molar-refractivity contribution in [2.24, 2.45) is 23.1 Å². The lowest BCUT2D eigenvalue weighted by molar-refractivity contribution is -0.147. The molecule has 0 saturated carbocycles. The van der Waals surface area contributed by atoms with Crippen molar-refractivity contribution in [3.8, 4) is 0 Å². The SMILES string of the molecule is CSCC[C@H](NC(=O)[C@@H](N)CC(C)C)C(=O)N[C@@H](CCCCN)C(=O)N[C@@H](CCC(N)=O)C(=O)N[C@@H](CC(=O)O)C(=O)O. The number of nitrogens with one attached hydrogen (secondary N) is 4. The molecule has 0 aliphatic heterocycles. The van der Waals surface area contributed by atoms with Crippen LogP contribution in [0.4, 0.5) is 0 Å². The van der Waals surface area contributed by atoms with Crippen molar-refractivity contribution in [1.82, 2.24) is 21.3 Å². The first-order chi connectivity index (χ1) is 20.1. The maximum atomic E-state index is 13.3. The van der Waals surface area contributed by atoms with E-state index < -0.39 is 78.1 Å². The van der Waals surface area contributed by atoms with Crippen molar-refractivity contribution in [3.63, 3.8) is 0 Å². The Kier molecular flexibility index (Phi) is 19.6. The van der Waals surface area contributed by atoms with Crippen LogP contribution in [0.25, 0.3) is 0 Å². The number of nitrogens with two attached hydrogens (primary N) is 3. The van der Waals surface area contributed by atoms with E-state index in [9.17, 15) is 38.7 Å². The van der Waals surface area contributed by atoms with Gasteiger partial charge in [-0.3, -0.25) is 28.8 Å². The van der Waals surface area contributed by atoms with E-state index in [4.69, 9.17) is 22.3 Å². The zero-order chi connectivity index (χ0) is 33.1. The summed E-state index contributed by atoms with van der Waals surface area (Å²) in [6, 6.07) is -6.33. The summed E-state index contributed by atoms with van der Waals surface area (Å²) in [5.41, 5.74) is 16.7. The molecular formula is C26H47N7O9S. The van der Waals surface area contributed by atoms with Crippen molar-refractivity contribution in [2.75, 3.05) is 18.6 Å².